The zero-order valence-electron chi connectivity index (χ0n) is 10.2. The highest BCUT2D eigenvalue weighted by molar-refractivity contribution is 7.99. The molecule has 0 aliphatic heterocycles. The van der Waals surface area contributed by atoms with Gasteiger partial charge in [-0.25, -0.2) is 8.79 Å². The third-order valence-corrected chi connectivity index (χ3v) is 2.60. The van der Waals surface area contributed by atoms with Crippen molar-refractivity contribution in [1.82, 2.24) is 0 Å². The summed E-state index contributed by atoms with van der Waals surface area (Å²) in [6.45, 7) is 5.79. The van der Waals surface area contributed by atoms with Gasteiger partial charge in [0.1, 0.15) is 5.82 Å². The number of halogens is 4. The fraction of sp³-hybridized carbons (Fsp3) is 0.417. The van der Waals surface area contributed by atoms with E-state index in [4.69, 9.17) is 0 Å². The highest BCUT2D eigenvalue weighted by Crippen LogP contribution is 2.30. The molecule has 0 saturated carbocycles. The molecule has 1 rings (SSSR count). The van der Waals surface area contributed by atoms with E-state index in [0.29, 0.717) is 6.07 Å². The average molecular weight is 279 g/mol. The van der Waals surface area contributed by atoms with Crippen molar-refractivity contribution >= 4 is 18.2 Å². The number of nitrogens with zero attached hydrogens (tertiary/aromatic N) is 1. The van der Waals surface area contributed by atoms with Crippen LogP contribution in [-0.2, 0) is 6.18 Å². The fourth-order valence-electron chi connectivity index (χ4n) is 1.05. The molecule has 0 aliphatic rings. The predicted octanol–water partition coefficient (Wildman–Crippen LogP) is 4.71. The second-order valence-electron chi connectivity index (χ2n) is 4.67. The van der Waals surface area contributed by atoms with Crippen LogP contribution in [0.4, 0.5) is 17.6 Å². The first-order valence-electron chi connectivity index (χ1n) is 5.18. The lowest BCUT2D eigenvalue weighted by Gasteiger charge is -2.12. The molecule has 0 amide bonds. The summed E-state index contributed by atoms with van der Waals surface area (Å²) in [5.74, 6) is -0.928. The van der Waals surface area contributed by atoms with Gasteiger partial charge in [0.2, 0.25) is 0 Å². The molecule has 0 heterocycles. The zero-order chi connectivity index (χ0) is 14.0. The van der Waals surface area contributed by atoms with Crippen molar-refractivity contribution in [3.8, 4) is 0 Å². The van der Waals surface area contributed by atoms with Gasteiger partial charge in [-0.1, -0.05) is 0 Å². The van der Waals surface area contributed by atoms with Gasteiger partial charge in [-0.05, 0) is 50.9 Å². The van der Waals surface area contributed by atoms with Crippen molar-refractivity contribution in [2.24, 2.45) is 4.40 Å². The number of rotatable bonds is 2. The monoisotopic (exact) mass is 279 g/mol. The summed E-state index contributed by atoms with van der Waals surface area (Å²) in [5, 5.41) is 0. The minimum atomic E-state index is -4.53. The molecule has 0 N–H and O–H groups in total. The van der Waals surface area contributed by atoms with E-state index in [1.807, 2.05) is 20.8 Å². The summed E-state index contributed by atoms with van der Waals surface area (Å²) in [7, 11) is 0. The van der Waals surface area contributed by atoms with Crippen molar-refractivity contribution in [2.75, 3.05) is 0 Å². The minimum Gasteiger partial charge on any atom is -0.223 e. The van der Waals surface area contributed by atoms with Gasteiger partial charge < -0.3 is 0 Å². The van der Waals surface area contributed by atoms with E-state index in [9.17, 15) is 17.6 Å². The van der Waals surface area contributed by atoms with Crippen molar-refractivity contribution in [2.45, 2.75) is 31.7 Å². The second kappa shape index (κ2) is 5.30. The van der Waals surface area contributed by atoms with Gasteiger partial charge in [0.25, 0.3) is 0 Å². The molecule has 0 bridgehead atoms. The summed E-state index contributed by atoms with van der Waals surface area (Å²) < 4.78 is 54.1. The van der Waals surface area contributed by atoms with Crippen LogP contribution < -0.4 is 0 Å². The Morgan fingerprint density at radius 3 is 2.22 bits per heavy atom. The second-order valence-corrected chi connectivity index (χ2v) is 6.29. The molecule has 0 atom stereocenters. The number of alkyl halides is 3. The van der Waals surface area contributed by atoms with Gasteiger partial charge in [-0.3, -0.25) is 0 Å². The average Bonchev–Trinajstić information content (AvgIpc) is 2.17. The van der Waals surface area contributed by atoms with Gasteiger partial charge in [-0.2, -0.15) is 13.2 Å². The Hall–Kier alpha value is -1.04. The summed E-state index contributed by atoms with van der Waals surface area (Å²) in [6, 6.07) is 2.39. The first kappa shape index (κ1) is 15.0. The number of benzene rings is 1. The predicted molar refractivity (Wildman–Crippen MR) is 66.3 cm³/mol. The fourth-order valence-corrected chi connectivity index (χ4v) is 1.53. The number of hydrogen-bond acceptors (Lipinski definition) is 2. The molecule has 0 aromatic heterocycles. The summed E-state index contributed by atoms with van der Waals surface area (Å²) >= 11 is 1.23. The Morgan fingerprint density at radius 2 is 1.78 bits per heavy atom. The van der Waals surface area contributed by atoms with E-state index >= 15 is 0 Å². The van der Waals surface area contributed by atoms with Crippen LogP contribution in [0, 0.1) is 5.82 Å². The summed E-state index contributed by atoms with van der Waals surface area (Å²) in [6.07, 6.45) is -3.30. The van der Waals surface area contributed by atoms with Crippen LogP contribution in [0.3, 0.4) is 0 Å². The maximum absolute atomic E-state index is 13.4. The minimum absolute atomic E-state index is 0.0414. The molecule has 1 aromatic carbocycles. The van der Waals surface area contributed by atoms with Crippen LogP contribution in [0.15, 0.2) is 22.6 Å². The van der Waals surface area contributed by atoms with Crippen molar-refractivity contribution in [3.05, 3.63) is 35.1 Å². The first-order chi connectivity index (χ1) is 8.09. The lowest BCUT2D eigenvalue weighted by atomic mass is 10.1. The van der Waals surface area contributed by atoms with E-state index in [-0.39, 0.29) is 10.3 Å². The molecule has 1 aromatic rings. The summed E-state index contributed by atoms with van der Waals surface area (Å²) in [5.41, 5.74) is -0.958. The van der Waals surface area contributed by atoms with Crippen LogP contribution in [0.1, 0.15) is 31.9 Å². The zero-order valence-corrected chi connectivity index (χ0v) is 11.0. The van der Waals surface area contributed by atoms with E-state index in [1.165, 1.54) is 18.2 Å². The number of hydrogen-bond donors (Lipinski definition) is 0. The third-order valence-electron chi connectivity index (χ3n) is 1.85. The summed E-state index contributed by atoms with van der Waals surface area (Å²) in [4.78, 5) is 0. The van der Waals surface area contributed by atoms with Crippen LogP contribution in [0.5, 0.6) is 0 Å². The highest BCUT2D eigenvalue weighted by atomic mass is 32.2. The standard InChI is InChI=1S/C12H13F4NS/c1-11(2,3)18-17-7-8-4-5-9(6-10(8)13)12(14,15)16/h4-7H,1-3H3. The SMILES string of the molecule is CC(C)(C)SN=Cc1ccc(C(F)(F)F)cc1F. The molecule has 1 nitrogen and oxygen atoms in total. The molecule has 18 heavy (non-hydrogen) atoms. The van der Waals surface area contributed by atoms with E-state index in [0.717, 1.165) is 12.1 Å². The van der Waals surface area contributed by atoms with Gasteiger partial charge >= 0.3 is 6.18 Å². The molecule has 0 aliphatic carbocycles. The molecule has 0 saturated heterocycles. The van der Waals surface area contributed by atoms with E-state index in [1.54, 1.807) is 0 Å². The van der Waals surface area contributed by atoms with Crippen molar-refractivity contribution in [1.29, 1.82) is 0 Å². The molecule has 0 fully saturated rings. The normalized spacial score (nSPS) is 13.3. The van der Waals surface area contributed by atoms with E-state index in [2.05, 4.69) is 4.40 Å². The largest absolute Gasteiger partial charge is 0.416 e. The van der Waals surface area contributed by atoms with Crippen LogP contribution >= 0.6 is 11.9 Å². The Morgan fingerprint density at radius 1 is 1.17 bits per heavy atom. The Kier molecular flexibility index (Phi) is 4.42. The molecular formula is C12H13F4NS. The van der Waals surface area contributed by atoms with Crippen LogP contribution in [0.2, 0.25) is 0 Å². The van der Waals surface area contributed by atoms with Gasteiger partial charge in [-0.15, -0.1) is 0 Å². The molecular weight excluding hydrogens is 266 g/mol. The van der Waals surface area contributed by atoms with Crippen LogP contribution in [0.25, 0.3) is 0 Å². The van der Waals surface area contributed by atoms with Crippen molar-refractivity contribution < 1.29 is 17.6 Å². The van der Waals surface area contributed by atoms with Gasteiger partial charge in [0.15, 0.2) is 0 Å². The first-order valence-corrected chi connectivity index (χ1v) is 5.95. The molecule has 100 valence electrons. The molecule has 0 radical (unpaired) electrons. The Labute approximate surface area is 107 Å². The Bertz CT molecular complexity index is 446. The molecule has 0 unspecified atom stereocenters. The van der Waals surface area contributed by atoms with Gasteiger partial charge in [0, 0.05) is 16.5 Å². The molecule has 0 spiro atoms. The molecule has 6 heteroatoms. The van der Waals surface area contributed by atoms with E-state index < -0.39 is 17.6 Å². The highest BCUT2D eigenvalue weighted by Gasteiger charge is 2.31. The van der Waals surface area contributed by atoms with Crippen molar-refractivity contribution in [3.63, 3.8) is 0 Å². The lowest BCUT2D eigenvalue weighted by Crippen LogP contribution is -2.06. The third kappa shape index (κ3) is 4.68. The topological polar surface area (TPSA) is 12.4 Å². The smallest absolute Gasteiger partial charge is 0.223 e. The van der Waals surface area contributed by atoms with Gasteiger partial charge in [0.05, 0.1) is 5.56 Å². The maximum atomic E-state index is 13.4. The van der Waals surface area contributed by atoms with Crippen LogP contribution in [-0.4, -0.2) is 11.0 Å². The lowest BCUT2D eigenvalue weighted by molar-refractivity contribution is -0.137. The Balaban J connectivity index is 2.87. The maximum Gasteiger partial charge on any atom is 0.416 e. The quantitative estimate of drug-likeness (QED) is 0.434.